The number of aliphatic hydroxyl groups is 3. The quantitative estimate of drug-likeness (QED) is 0.164. The summed E-state index contributed by atoms with van der Waals surface area (Å²) in [6.45, 7) is 1.93. The highest BCUT2D eigenvalue weighted by atomic mass is 16.7. The molecule has 0 spiro atoms. The number of carbonyl (C=O) groups excluding carboxylic acids is 3. The molecule has 1 aromatic carbocycles. The van der Waals surface area contributed by atoms with Crippen LogP contribution in [0.2, 0.25) is 0 Å². The number of hydrogen-bond acceptors (Lipinski definition) is 14. The number of nitrogens with one attached hydrogen (secondary N) is 3. The molecule has 0 unspecified atom stereocenters. The van der Waals surface area contributed by atoms with Crippen LogP contribution in [0.4, 0.5) is 17.2 Å². The van der Waals surface area contributed by atoms with Crippen molar-refractivity contribution >= 4 is 34.9 Å². The maximum atomic E-state index is 13.3. The predicted octanol–water partition coefficient (Wildman–Crippen LogP) is -0.164. The van der Waals surface area contributed by atoms with Gasteiger partial charge in [0, 0.05) is 25.1 Å². The van der Waals surface area contributed by atoms with E-state index in [9.17, 15) is 29.7 Å². The van der Waals surface area contributed by atoms with Gasteiger partial charge in [0.05, 0.1) is 37.3 Å². The van der Waals surface area contributed by atoms with E-state index >= 15 is 0 Å². The number of aromatic nitrogens is 4. The topological polar surface area (TPSA) is 234 Å². The monoisotopic (exact) mass is 610 g/mol. The summed E-state index contributed by atoms with van der Waals surface area (Å²) in [7, 11) is 1.41. The molecule has 1 aliphatic heterocycles. The van der Waals surface area contributed by atoms with Crippen molar-refractivity contribution in [1.82, 2.24) is 30.6 Å². The van der Waals surface area contributed by atoms with Crippen LogP contribution in [0.15, 0.2) is 28.8 Å². The molecule has 0 atom stereocenters. The molecule has 6 rings (SSSR count). The number of methoxy groups -OCH3 is 1. The lowest BCUT2D eigenvalue weighted by Crippen LogP contribution is -2.48. The second-order valence-corrected chi connectivity index (χ2v) is 10.8. The third kappa shape index (κ3) is 6.02. The van der Waals surface area contributed by atoms with Gasteiger partial charge < -0.3 is 44.8 Å². The first-order valence-corrected chi connectivity index (χ1v) is 13.9. The maximum Gasteiger partial charge on any atom is 0.369 e. The van der Waals surface area contributed by atoms with Crippen LogP contribution in [-0.4, -0.2) is 97.8 Å². The van der Waals surface area contributed by atoms with Gasteiger partial charge in [0.25, 0.3) is 5.91 Å². The molecule has 3 aliphatic rings. The van der Waals surface area contributed by atoms with Gasteiger partial charge >= 0.3 is 6.10 Å². The van der Waals surface area contributed by atoms with Crippen molar-refractivity contribution in [1.29, 1.82) is 0 Å². The summed E-state index contributed by atoms with van der Waals surface area (Å²) in [4.78, 5) is 44.6. The number of carbonyl (C=O) groups is 3. The Morgan fingerprint density at radius 3 is 2.50 bits per heavy atom. The Hall–Kier alpha value is -4.71. The summed E-state index contributed by atoms with van der Waals surface area (Å²) in [5.74, 6) is -1.02. The molecule has 3 heterocycles. The first kappa shape index (κ1) is 29.4. The van der Waals surface area contributed by atoms with E-state index in [2.05, 4.69) is 31.0 Å². The third-order valence-electron chi connectivity index (χ3n) is 7.51. The van der Waals surface area contributed by atoms with Gasteiger partial charge in [-0.3, -0.25) is 19.7 Å². The zero-order chi connectivity index (χ0) is 31.1. The smallest absolute Gasteiger partial charge is 0.369 e. The lowest BCUT2D eigenvalue weighted by Gasteiger charge is -2.29. The average molecular weight is 611 g/mol. The number of amides is 3. The second kappa shape index (κ2) is 11.4. The molecular weight excluding hydrogens is 580 g/mol. The SMILES string of the molecule is COc1c(Nc2cc(NC(=O)C3CC3)nnc2C(=O)NC(O)(O)O)cccc1-c1noc(C2(C(=O)N3CCOCC3)CC2)n1. The number of ether oxygens (including phenoxy) is 2. The van der Waals surface area contributed by atoms with Crippen LogP contribution < -0.4 is 20.7 Å². The molecule has 2 aromatic heterocycles. The molecule has 0 bridgehead atoms. The lowest BCUT2D eigenvalue weighted by molar-refractivity contribution is -0.323. The molecule has 3 fully saturated rings. The van der Waals surface area contributed by atoms with Gasteiger partial charge in [-0.05, 0) is 37.8 Å². The molecule has 3 aromatic rings. The molecule has 2 aliphatic carbocycles. The van der Waals surface area contributed by atoms with Gasteiger partial charge in [0.15, 0.2) is 17.3 Å². The number of hydrogen-bond donors (Lipinski definition) is 6. The van der Waals surface area contributed by atoms with E-state index < -0.39 is 23.1 Å². The molecule has 3 amide bonds. The van der Waals surface area contributed by atoms with E-state index in [4.69, 9.17) is 14.0 Å². The summed E-state index contributed by atoms with van der Waals surface area (Å²) in [6, 6.07) is 6.28. The second-order valence-electron chi connectivity index (χ2n) is 10.8. The summed E-state index contributed by atoms with van der Waals surface area (Å²) in [6.07, 6.45) is -0.855. The lowest BCUT2D eigenvalue weighted by atomic mass is 10.0. The van der Waals surface area contributed by atoms with Crippen molar-refractivity contribution in [3.63, 3.8) is 0 Å². The minimum atomic E-state index is -3.52. The Morgan fingerprint density at radius 1 is 1.09 bits per heavy atom. The van der Waals surface area contributed by atoms with Crippen molar-refractivity contribution in [2.75, 3.05) is 44.0 Å². The Balaban J connectivity index is 1.30. The van der Waals surface area contributed by atoms with Gasteiger partial charge in [0.2, 0.25) is 23.5 Å². The van der Waals surface area contributed by atoms with Crippen LogP contribution in [0.1, 0.15) is 42.1 Å². The van der Waals surface area contributed by atoms with Gasteiger partial charge in [-0.25, -0.2) is 0 Å². The van der Waals surface area contributed by atoms with Crippen molar-refractivity contribution in [2.45, 2.75) is 37.2 Å². The molecule has 17 heteroatoms. The first-order chi connectivity index (χ1) is 21.1. The van der Waals surface area contributed by atoms with Crippen LogP contribution in [0.3, 0.4) is 0 Å². The standard InChI is InChI=1S/C27H30N8O9/c1-42-20-15(21-30-24(44-34-21)26(7-8-26)25(38)35-9-11-43-12-10-35)3-2-4-16(20)28-17-13-18(29-22(36)14-5-6-14)32-33-19(17)23(37)31-27(39,40)41/h2-4,13-14,39-41H,5-12H2,1H3,(H,31,37)(H2,28,29,32,36). The van der Waals surface area contributed by atoms with Crippen molar-refractivity contribution in [2.24, 2.45) is 5.92 Å². The normalized spacial score (nSPS) is 17.5. The van der Waals surface area contributed by atoms with E-state index in [1.165, 1.54) is 13.2 Å². The van der Waals surface area contributed by atoms with E-state index in [0.717, 1.165) is 12.8 Å². The molecular formula is C27H30N8O9. The fourth-order valence-corrected chi connectivity index (χ4v) is 4.92. The molecule has 2 saturated carbocycles. The summed E-state index contributed by atoms with van der Waals surface area (Å²) >= 11 is 0. The number of morpholine rings is 1. The van der Waals surface area contributed by atoms with Crippen LogP contribution in [-0.2, 0) is 19.7 Å². The van der Waals surface area contributed by atoms with Crippen LogP contribution in [0, 0.1) is 5.92 Å². The predicted molar refractivity (Wildman–Crippen MR) is 148 cm³/mol. The van der Waals surface area contributed by atoms with Gasteiger partial charge in [-0.1, -0.05) is 11.2 Å². The Kier molecular flexibility index (Phi) is 7.62. The number of rotatable bonds is 10. The maximum absolute atomic E-state index is 13.3. The number of nitrogens with zero attached hydrogens (tertiary/aromatic N) is 5. The molecule has 44 heavy (non-hydrogen) atoms. The third-order valence-corrected chi connectivity index (χ3v) is 7.51. The van der Waals surface area contributed by atoms with E-state index in [1.807, 2.05) is 0 Å². The van der Waals surface area contributed by atoms with Crippen molar-refractivity contribution in [3.8, 4) is 17.1 Å². The van der Waals surface area contributed by atoms with Gasteiger partial charge in [0.1, 0.15) is 5.41 Å². The van der Waals surface area contributed by atoms with Crippen molar-refractivity contribution < 1.29 is 43.7 Å². The van der Waals surface area contributed by atoms with Crippen LogP contribution >= 0.6 is 0 Å². The summed E-state index contributed by atoms with van der Waals surface area (Å²) < 4.78 is 16.6. The Morgan fingerprint density at radius 2 is 1.84 bits per heavy atom. The van der Waals surface area contributed by atoms with E-state index in [0.29, 0.717) is 50.4 Å². The average Bonchev–Trinajstić information content (AvgIpc) is 3.94. The van der Waals surface area contributed by atoms with Gasteiger partial charge in [-0.2, -0.15) is 4.98 Å². The highest BCUT2D eigenvalue weighted by Crippen LogP contribution is 2.50. The fourth-order valence-electron chi connectivity index (χ4n) is 4.92. The molecule has 1 saturated heterocycles. The van der Waals surface area contributed by atoms with Crippen LogP contribution in [0.5, 0.6) is 5.75 Å². The Bertz CT molecular complexity index is 1590. The van der Waals surface area contributed by atoms with Crippen molar-refractivity contribution in [3.05, 3.63) is 35.9 Å². The summed E-state index contributed by atoms with van der Waals surface area (Å²) in [5.41, 5.74) is -0.643. The molecule has 17 nitrogen and oxygen atoms in total. The fraction of sp³-hybridized carbons (Fsp3) is 0.444. The molecule has 0 radical (unpaired) electrons. The number of benzene rings is 1. The summed E-state index contributed by atoms with van der Waals surface area (Å²) in [5, 5.41) is 46.8. The minimum Gasteiger partial charge on any atom is -0.494 e. The van der Waals surface area contributed by atoms with Crippen LogP contribution in [0.25, 0.3) is 11.4 Å². The minimum absolute atomic E-state index is 0.0230. The Labute approximate surface area is 249 Å². The number of anilines is 3. The highest BCUT2D eigenvalue weighted by molar-refractivity contribution is 6.00. The highest BCUT2D eigenvalue weighted by Gasteiger charge is 2.58. The largest absolute Gasteiger partial charge is 0.494 e. The molecule has 232 valence electrons. The number of para-hydroxylation sites is 1. The zero-order valence-corrected chi connectivity index (χ0v) is 23.6. The van der Waals surface area contributed by atoms with Gasteiger partial charge in [-0.15, -0.1) is 10.2 Å². The van der Waals surface area contributed by atoms with E-state index in [1.54, 1.807) is 28.4 Å². The zero-order valence-electron chi connectivity index (χ0n) is 23.6. The van der Waals surface area contributed by atoms with E-state index in [-0.39, 0.29) is 46.7 Å². The molecule has 6 N–H and O–H groups in total. The first-order valence-electron chi connectivity index (χ1n) is 13.9.